The summed E-state index contributed by atoms with van der Waals surface area (Å²) in [4.78, 5) is 0. The van der Waals surface area contributed by atoms with Crippen LogP contribution in [0.3, 0.4) is 0 Å². The second kappa shape index (κ2) is 5.54. The van der Waals surface area contributed by atoms with Gasteiger partial charge in [0, 0.05) is 12.0 Å². The minimum atomic E-state index is -0.240. The molecule has 0 aliphatic carbocycles. The first-order valence-corrected chi connectivity index (χ1v) is 6.55. The Morgan fingerprint density at radius 3 is 2.47 bits per heavy atom. The molecule has 0 amide bonds. The monoisotopic (exact) mass is 257 g/mol. The van der Waals surface area contributed by atoms with Gasteiger partial charge in [-0.1, -0.05) is 48.9 Å². The Morgan fingerprint density at radius 2 is 1.84 bits per heavy atom. The van der Waals surface area contributed by atoms with E-state index in [0.717, 1.165) is 12.0 Å². The average Bonchev–Trinajstić information content (AvgIpc) is 2.38. The summed E-state index contributed by atoms with van der Waals surface area (Å²) in [5.74, 6) is -0.207. The predicted molar refractivity (Wildman–Crippen MR) is 77.7 cm³/mol. The predicted octanol–water partition coefficient (Wildman–Crippen LogP) is 3.59. The van der Waals surface area contributed by atoms with Crippen LogP contribution in [0.4, 0.5) is 4.39 Å². The van der Waals surface area contributed by atoms with Gasteiger partial charge in [0.1, 0.15) is 5.82 Å². The van der Waals surface area contributed by atoms with Crippen LogP contribution in [-0.2, 0) is 11.8 Å². The first-order valence-electron chi connectivity index (χ1n) is 6.55. The van der Waals surface area contributed by atoms with E-state index in [2.05, 4.69) is 32.0 Å². The van der Waals surface area contributed by atoms with Crippen molar-refractivity contribution in [2.24, 2.45) is 5.73 Å². The van der Waals surface area contributed by atoms with E-state index >= 15 is 0 Å². The van der Waals surface area contributed by atoms with Crippen LogP contribution in [0.2, 0.25) is 0 Å². The summed E-state index contributed by atoms with van der Waals surface area (Å²) in [5, 5.41) is 0. The maximum Gasteiger partial charge on any atom is 0.123 e. The molecule has 0 fully saturated rings. The van der Waals surface area contributed by atoms with Gasteiger partial charge in [0.2, 0.25) is 0 Å². The molecule has 100 valence electrons. The standard InChI is InChI=1S/C17H20FN/c1-13-5-3-6-14(9-13)11-17(2,12-19)15-7-4-8-16(18)10-15/h3-10H,11-12,19H2,1-2H3. The lowest BCUT2D eigenvalue weighted by molar-refractivity contribution is 0.476. The second-order valence-corrected chi connectivity index (χ2v) is 5.44. The van der Waals surface area contributed by atoms with Crippen LogP contribution in [0.25, 0.3) is 0 Å². The van der Waals surface area contributed by atoms with Gasteiger partial charge in [-0.3, -0.25) is 0 Å². The highest BCUT2D eigenvalue weighted by atomic mass is 19.1. The summed E-state index contributed by atoms with van der Waals surface area (Å²) < 4.78 is 13.4. The molecule has 0 saturated heterocycles. The van der Waals surface area contributed by atoms with Crippen molar-refractivity contribution in [2.75, 3.05) is 6.54 Å². The maximum atomic E-state index is 13.4. The average molecular weight is 257 g/mol. The van der Waals surface area contributed by atoms with Crippen LogP contribution in [0.5, 0.6) is 0 Å². The normalized spacial score (nSPS) is 14.1. The van der Waals surface area contributed by atoms with Crippen molar-refractivity contribution in [3.8, 4) is 0 Å². The Labute approximate surface area is 114 Å². The molecule has 2 heteroatoms. The van der Waals surface area contributed by atoms with E-state index in [0.29, 0.717) is 6.54 Å². The molecular formula is C17H20FN. The highest BCUT2D eigenvalue weighted by Crippen LogP contribution is 2.28. The lowest BCUT2D eigenvalue weighted by Gasteiger charge is -2.29. The molecule has 1 nitrogen and oxygen atoms in total. The van der Waals surface area contributed by atoms with Crippen LogP contribution < -0.4 is 5.73 Å². The fourth-order valence-corrected chi connectivity index (χ4v) is 2.43. The Balaban J connectivity index is 2.32. The molecule has 0 aliphatic rings. The van der Waals surface area contributed by atoms with Gasteiger partial charge in [0.05, 0.1) is 0 Å². The number of hydrogen-bond acceptors (Lipinski definition) is 1. The van der Waals surface area contributed by atoms with Gasteiger partial charge in [0.15, 0.2) is 0 Å². The molecule has 2 rings (SSSR count). The molecule has 0 aliphatic heterocycles. The number of aryl methyl sites for hydroxylation is 1. The Morgan fingerprint density at radius 1 is 1.11 bits per heavy atom. The third-order valence-corrected chi connectivity index (χ3v) is 3.65. The molecule has 0 heterocycles. The lowest BCUT2D eigenvalue weighted by atomic mass is 9.77. The molecular weight excluding hydrogens is 237 g/mol. The molecule has 1 unspecified atom stereocenters. The van der Waals surface area contributed by atoms with E-state index in [4.69, 9.17) is 5.73 Å². The van der Waals surface area contributed by atoms with E-state index in [1.165, 1.54) is 17.2 Å². The van der Waals surface area contributed by atoms with Crippen LogP contribution in [0.1, 0.15) is 23.6 Å². The number of hydrogen-bond donors (Lipinski definition) is 1. The van der Waals surface area contributed by atoms with Gasteiger partial charge in [-0.2, -0.15) is 0 Å². The highest BCUT2D eigenvalue weighted by Gasteiger charge is 2.25. The van der Waals surface area contributed by atoms with E-state index in [1.807, 2.05) is 12.1 Å². The van der Waals surface area contributed by atoms with Gasteiger partial charge in [-0.05, 0) is 36.6 Å². The number of halogens is 1. The highest BCUT2D eigenvalue weighted by molar-refractivity contribution is 5.31. The number of rotatable bonds is 4. The van der Waals surface area contributed by atoms with E-state index in [-0.39, 0.29) is 11.2 Å². The van der Waals surface area contributed by atoms with Crippen molar-refractivity contribution in [3.05, 3.63) is 71.0 Å². The van der Waals surface area contributed by atoms with E-state index in [9.17, 15) is 4.39 Å². The SMILES string of the molecule is Cc1cccc(CC(C)(CN)c2cccc(F)c2)c1. The van der Waals surface area contributed by atoms with Crippen molar-refractivity contribution >= 4 is 0 Å². The summed E-state index contributed by atoms with van der Waals surface area (Å²) in [7, 11) is 0. The van der Waals surface area contributed by atoms with Crippen LogP contribution in [0.15, 0.2) is 48.5 Å². The lowest BCUT2D eigenvalue weighted by Crippen LogP contribution is -2.34. The summed E-state index contributed by atoms with van der Waals surface area (Å²) >= 11 is 0. The van der Waals surface area contributed by atoms with Crippen LogP contribution in [-0.4, -0.2) is 6.54 Å². The zero-order valence-corrected chi connectivity index (χ0v) is 11.5. The Bertz CT molecular complexity index is 565. The fraction of sp³-hybridized carbons (Fsp3) is 0.294. The summed E-state index contributed by atoms with van der Waals surface area (Å²) in [6, 6.07) is 15.1. The van der Waals surface area contributed by atoms with Crippen LogP contribution in [0, 0.1) is 12.7 Å². The van der Waals surface area contributed by atoms with Gasteiger partial charge < -0.3 is 5.73 Å². The molecule has 19 heavy (non-hydrogen) atoms. The summed E-state index contributed by atoms with van der Waals surface area (Å²) in [6.45, 7) is 4.65. The Hall–Kier alpha value is -1.67. The molecule has 2 N–H and O–H groups in total. The zero-order valence-electron chi connectivity index (χ0n) is 11.5. The smallest absolute Gasteiger partial charge is 0.123 e. The maximum absolute atomic E-state index is 13.4. The molecule has 0 saturated carbocycles. The van der Waals surface area contributed by atoms with Crippen molar-refractivity contribution in [3.63, 3.8) is 0 Å². The van der Waals surface area contributed by atoms with Crippen molar-refractivity contribution in [1.82, 2.24) is 0 Å². The summed E-state index contributed by atoms with van der Waals surface area (Å²) in [5.41, 5.74) is 9.13. The van der Waals surface area contributed by atoms with Gasteiger partial charge >= 0.3 is 0 Å². The minimum Gasteiger partial charge on any atom is -0.330 e. The third-order valence-electron chi connectivity index (χ3n) is 3.65. The number of benzene rings is 2. The second-order valence-electron chi connectivity index (χ2n) is 5.44. The summed E-state index contributed by atoms with van der Waals surface area (Å²) in [6.07, 6.45) is 0.814. The Kier molecular flexibility index (Phi) is 4.01. The molecule has 1 atom stereocenters. The molecule has 0 radical (unpaired) electrons. The quantitative estimate of drug-likeness (QED) is 0.890. The first-order chi connectivity index (χ1) is 9.03. The molecule has 2 aromatic rings. The van der Waals surface area contributed by atoms with Gasteiger partial charge in [-0.15, -0.1) is 0 Å². The fourth-order valence-electron chi connectivity index (χ4n) is 2.43. The van der Waals surface area contributed by atoms with Gasteiger partial charge in [0.25, 0.3) is 0 Å². The first kappa shape index (κ1) is 13.8. The topological polar surface area (TPSA) is 26.0 Å². The van der Waals surface area contributed by atoms with Crippen molar-refractivity contribution < 1.29 is 4.39 Å². The molecule has 0 bridgehead atoms. The van der Waals surface area contributed by atoms with Gasteiger partial charge in [-0.25, -0.2) is 4.39 Å². The van der Waals surface area contributed by atoms with Crippen molar-refractivity contribution in [1.29, 1.82) is 0 Å². The molecule has 2 aromatic carbocycles. The van der Waals surface area contributed by atoms with E-state index < -0.39 is 0 Å². The number of nitrogens with two attached hydrogens (primary N) is 1. The molecule has 0 aromatic heterocycles. The van der Waals surface area contributed by atoms with Crippen LogP contribution >= 0.6 is 0 Å². The largest absolute Gasteiger partial charge is 0.330 e. The zero-order chi connectivity index (χ0) is 13.9. The third kappa shape index (κ3) is 3.21. The minimum absolute atomic E-state index is 0.207. The van der Waals surface area contributed by atoms with E-state index in [1.54, 1.807) is 12.1 Å². The molecule has 0 spiro atoms. The van der Waals surface area contributed by atoms with Crippen molar-refractivity contribution in [2.45, 2.75) is 25.7 Å².